The number of hydrogen-bond donors (Lipinski definition) is 0. The fourth-order valence-electron chi connectivity index (χ4n) is 3.24. The third-order valence-electron chi connectivity index (χ3n) is 5.06. The van der Waals surface area contributed by atoms with Crippen LogP contribution in [0.5, 0.6) is 0 Å². The van der Waals surface area contributed by atoms with E-state index in [1.165, 1.54) is 17.3 Å². The number of carbonyl (C=O) groups is 1. The Bertz CT molecular complexity index is 1220. The molecule has 2 aromatic carbocycles. The third-order valence-corrected chi connectivity index (χ3v) is 6.55. The van der Waals surface area contributed by atoms with Crippen LogP contribution >= 0.6 is 27.7 Å². The lowest BCUT2D eigenvalue weighted by atomic mass is 9.87. The monoisotopic (exact) mass is 521 g/mol. The molecular weight excluding hydrogens is 498 g/mol. The summed E-state index contributed by atoms with van der Waals surface area (Å²) in [5.74, 6) is 0.566. The molecule has 1 amide bonds. The minimum atomic E-state index is -0.118. The highest BCUT2D eigenvalue weighted by molar-refractivity contribution is 9.10. The van der Waals surface area contributed by atoms with Gasteiger partial charge in [0.25, 0.3) is 5.91 Å². The molecule has 0 spiro atoms. The molecule has 0 atom stereocenters. The number of thioether (sulfide) groups is 1. The zero-order chi connectivity index (χ0) is 23.4. The molecule has 1 fully saturated rings. The maximum atomic E-state index is 13.2. The number of rotatable bonds is 5. The van der Waals surface area contributed by atoms with Crippen molar-refractivity contribution < 1.29 is 9.21 Å². The molecule has 0 radical (unpaired) electrons. The minimum absolute atomic E-state index is 0.0790. The SMILES string of the molecule is CC(C)(C)c1ccc(/C=C2\S/C(=N\N=C\c3cccc(Br)c3)N(Cc3ccco3)C2=O)cc1. The van der Waals surface area contributed by atoms with Gasteiger partial charge in [-0.2, -0.15) is 5.10 Å². The molecular formula is C26H24BrN3O2S. The molecule has 1 aromatic heterocycles. The normalized spacial score (nSPS) is 17.1. The van der Waals surface area contributed by atoms with Gasteiger partial charge < -0.3 is 4.42 Å². The average molecular weight is 522 g/mol. The molecule has 3 aromatic rings. The van der Waals surface area contributed by atoms with E-state index in [0.717, 1.165) is 15.6 Å². The van der Waals surface area contributed by atoms with Gasteiger partial charge in [0.05, 0.1) is 23.9 Å². The highest BCUT2D eigenvalue weighted by Crippen LogP contribution is 2.34. The number of carbonyl (C=O) groups excluding carboxylic acids is 1. The molecule has 0 aliphatic carbocycles. The predicted molar refractivity (Wildman–Crippen MR) is 139 cm³/mol. The van der Waals surface area contributed by atoms with Gasteiger partial charge in [0, 0.05) is 4.47 Å². The molecule has 0 N–H and O–H groups in total. The first kappa shape index (κ1) is 23.3. The summed E-state index contributed by atoms with van der Waals surface area (Å²) in [7, 11) is 0. The summed E-state index contributed by atoms with van der Waals surface area (Å²) in [6, 6.07) is 19.7. The smallest absolute Gasteiger partial charge is 0.267 e. The van der Waals surface area contributed by atoms with Crippen LogP contribution in [-0.2, 0) is 16.8 Å². The fourth-order valence-corrected chi connectivity index (χ4v) is 4.59. The first-order valence-electron chi connectivity index (χ1n) is 10.5. The van der Waals surface area contributed by atoms with Gasteiger partial charge >= 0.3 is 0 Å². The van der Waals surface area contributed by atoms with Crippen LogP contribution in [0.15, 0.2) is 90.9 Å². The zero-order valence-corrected chi connectivity index (χ0v) is 21.1. The highest BCUT2D eigenvalue weighted by Gasteiger charge is 2.34. The fraction of sp³-hybridized carbons (Fsp3) is 0.192. The Morgan fingerprint density at radius 3 is 2.52 bits per heavy atom. The van der Waals surface area contributed by atoms with Crippen molar-refractivity contribution in [1.29, 1.82) is 0 Å². The lowest BCUT2D eigenvalue weighted by Gasteiger charge is -2.18. The summed E-state index contributed by atoms with van der Waals surface area (Å²) in [6.45, 7) is 6.84. The number of furan rings is 1. The quantitative estimate of drug-likeness (QED) is 0.209. The van der Waals surface area contributed by atoms with Crippen LogP contribution < -0.4 is 0 Å². The summed E-state index contributed by atoms with van der Waals surface area (Å²) in [5, 5.41) is 9.10. The molecule has 1 saturated heterocycles. The number of amides is 1. The second-order valence-electron chi connectivity index (χ2n) is 8.64. The average Bonchev–Trinajstić information content (AvgIpc) is 3.38. The molecule has 1 aliphatic rings. The molecule has 5 nitrogen and oxygen atoms in total. The van der Waals surface area contributed by atoms with Crippen molar-refractivity contribution in [2.75, 3.05) is 0 Å². The predicted octanol–water partition coefficient (Wildman–Crippen LogP) is 6.85. The molecule has 33 heavy (non-hydrogen) atoms. The highest BCUT2D eigenvalue weighted by atomic mass is 79.9. The van der Waals surface area contributed by atoms with Crippen LogP contribution in [0.25, 0.3) is 6.08 Å². The van der Waals surface area contributed by atoms with E-state index >= 15 is 0 Å². The maximum absolute atomic E-state index is 13.2. The molecule has 0 saturated carbocycles. The number of benzene rings is 2. The maximum Gasteiger partial charge on any atom is 0.267 e. The number of amidine groups is 1. The van der Waals surface area contributed by atoms with Crippen molar-refractivity contribution in [2.45, 2.75) is 32.7 Å². The van der Waals surface area contributed by atoms with E-state index in [4.69, 9.17) is 4.42 Å². The van der Waals surface area contributed by atoms with Crippen LogP contribution in [0.4, 0.5) is 0 Å². The van der Waals surface area contributed by atoms with Gasteiger partial charge in [-0.3, -0.25) is 9.69 Å². The number of halogens is 1. The summed E-state index contributed by atoms with van der Waals surface area (Å²) in [6.07, 6.45) is 5.16. The molecule has 0 bridgehead atoms. The van der Waals surface area contributed by atoms with Gasteiger partial charge in [0.15, 0.2) is 5.17 Å². The van der Waals surface area contributed by atoms with Gasteiger partial charge in [-0.05, 0) is 64.2 Å². The van der Waals surface area contributed by atoms with Crippen molar-refractivity contribution in [3.05, 3.63) is 98.8 Å². The summed E-state index contributed by atoms with van der Waals surface area (Å²) in [5.41, 5.74) is 3.21. The minimum Gasteiger partial charge on any atom is -0.467 e. The Morgan fingerprint density at radius 2 is 1.85 bits per heavy atom. The van der Waals surface area contributed by atoms with Gasteiger partial charge in [-0.15, -0.1) is 5.10 Å². The number of nitrogens with zero attached hydrogens (tertiary/aromatic N) is 3. The molecule has 1 aliphatic heterocycles. The first-order valence-corrected chi connectivity index (χ1v) is 12.1. The molecule has 4 rings (SSSR count). The lowest BCUT2D eigenvalue weighted by Crippen LogP contribution is -2.28. The Hall–Kier alpha value is -2.90. The molecule has 2 heterocycles. The van der Waals surface area contributed by atoms with E-state index < -0.39 is 0 Å². The van der Waals surface area contributed by atoms with E-state index in [1.54, 1.807) is 23.4 Å². The van der Waals surface area contributed by atoms with Gasteiger partial charge in [-0.1, -0.05) is 73.1 Å². The van der Waals surface area contributed by atoms with Gasteiger partial charge in [0.1, 0.15) is 5.76 Å². The Morgan fingerprint density at radius 1 is 1.06 bits per heavy atom. The van der Waals surface area contributed by atoms with Crippen LogP contribution in [0.1, 0.15) is 43.2 Å². The number of hydrogen-bond acceptors (Lipinski definition) is 5. The summed E-state index contributed by atoms with van der Waals surface area (Å²) < 4.78 is 6.42. The van der Waals surface area contributed by atoms with Crippen LogP contribution in [0, 0.1) is 0 Å². The molecule has 168 valence electrons. The van der Waals surface area contributed by atoms with Gasteiger partial charge in [-0.25, -0.2) is 0 Å². The van der Waals surface area contributed by atoms with E-state index in [9.17, 15) is 4.79 Å². The topological polar surface area (TPSA) is 58.2 Å². The van der Waals surface area contributed by atoms with Crippen LogP contribution in [-0.4, -0.2) is 22.2 Å². The van der Waals surface area contributed by atoms with Crippen molar-refractivity contribution in [1.82, 2.24) is 4.90 Å². The first-order chi connectivity index (χ1) is 15.8. The van der Waals surface area contributed by atoms with Gasteiger partial charge in [0.2, 0.25) is 0 Å². The van der Waals surface area contributed by atoms with Crippen molar-refractivity contribution >= 4 is 51.1 Å². The summed E-state index contributed by atoms with van der Waals surface area (Å²) >= 11 is 4.77. The molecule has 7 heteroatoms. The largest absolute Gasteiger partial charge is 0.467 e. The van der Waals surface area contributed by atoms with E-state index in [1.807, 2.05) is 48.5 Å². The Labute approximate surface area is 206 Å². The van der Waals surface area contributed by atoms with Crippen molar-refractivity contribution in [2.24, 2.45) is 10.2 Å². The van der Waals surface area contributed by atoms with Crippen LogP contribution in [0.3, 0.4) is 0 Å². The van der Waals surface area contributed by atoms with Crippen LogP contribution in [0.2, 0.25) is 0 Å². The lowest BCUT2D eigenvalue weighted by molar-refractivity contribution is -0.122. The molecule has 0 unspecified atom stereocenters. The second kappa shape index (κ2) is 9.93. The summed E-state index contributed by atoms with van der Waals surface area (Å²) in [4.78, 5) is 15.4. The third kappa shape index (κ3) is 5.92. The van der Waals surface area contributed by atoms with Crippen molar-refractivity contribution in [3.8, 4) is 0 Å². The second-order valence-corrected chi connectivity index (χ2v) is 10.6. The van der Waals surface area contributed by atoms with E-state index in [2.05, 4.69) is 59.0 Å². The van der Waals surface area contributed by atoms with Crippen molar-refractivity contribution in [3.63, 3.8) is 0 Å². The standard InChI is InChI=1S/C26H24BrN3O2S/c1-26(2,3)20-11-9-18(10-12-20)15-23-24(31)30(17-22-8-5-13-32-22)25(33-23)29-28-16-19-6-4-7-21(27)14-19/h4-16H,17H2,1-3H3/b23-15-,28-16+,29-25-. The van der Waals surface area contributed by atoms with E-state index in [0.29, 0.717) is 22.4 Å². The Kier molecular flexibility index (Phi) is 7.00. The van der Waals surface area contributed by atoms with E-state index in [-0.39, 0.29) is 11.3 Å². The zero-order valence-electron chi connectivity index (χ0n) is 18.7. The Balaban J connectivity index is 1.60.